The van der Waals surface area contributed by atoms with Crippen LogP contribution in [0.15, 0.2) is 12.5 Å². The minimum absolute atomic E-state index is 0.635. The second-order valence-electron chi connectivity index (χ2n) is 4.28. The molecule has 0 amide bonds. The van der Waals surface area contributed by atoms with Crippen LogP contribution in [0.1, 0.15) is 19.8 Å². The summed E-state index contributed by atoms with van der Waals surface area (Å²) < 4.78 is 5.47. The Kier molecular flexibility index (Phi) is 4.57. The molecule has 0 N–H and O–H groups in total. The zero-order valence-electron chi connectivity index (χ0n) is 10.1. The van der Waals surface area contributed by atoms with Gasteiger partial charge in [0.05, 0.1) is 6.20 Å². The average molecular weight is 256 g/mol. The predicted molar refractivity (Wildman–Crippen MR) is 68.5 cm³/mol. The van der Waals surface area contributed by atoms with Gasteiger partial charge in [-0.25, -0.2) is 9.97 Å². The molecule has 1 saturated heterocycles. The lowest BCUT2D eigenvalue weighted by atomic mass is 9.98. The van der Waals surface area contributed by atoms with Crippen molar-refractivity contribution < 1.29 is 4.74 Å². The normalized spacial score (nSPS) is 17.4. The first-order chi connectivity index (χ1) is 8.31. The largest absolute Gasteiger partial charge is 0.381 e. The highest BCUT2D eigenvalue weighted by atomic mass is 35.5. The van der Waals surface area contributed by atoms with Crippen molar-refractivity contribution in [2.24, 2.45) is 5.92 Å². The Labute approximate surface area is 107 Å². The maximum absolute atomic E-state index is 6.09. The molecule has 0 spiro atoms. The molecule has 1 aliphatic rings. The highest BCUT2D eigenvalue weighted by Gasteiger charge is 2.21. The Morgan fingerprint density at radius 3 is 2.88 bits per heavy atom. The van der Waals surface area contributed by atoms with Gasteiger partial charge in [-0.2, -0.15) is 0 Å². The molecular formula is C12H18ClN3O. The fourth-order valence-electron chi connectivity index (χ4n) is 2.13. The third kappa shape index (κ3) is 3.30. The van der Waals surface area contributed by atoms with Crippen molar-refractivity contribution in [2.75, 3.05) is 31.2 Å². The molecule has 0 saturated carbocycles. The van der Waals surface area contributed by atoms with Crippen LogP contribution in [0.5, 0.6) is 0 Å². The fourth-order valence-corrected chi connectivity index (χ4v) is 2.36. The highest BCUT2D eigenvalue weighted by Crippen LogP contribution is 2.26. The Balaban J connectivity index is 1.89. The molecule has 1 aromatic heterocycles. The van der Waals surface area contributed by atoms with Crippen LogP contribution in [0.25, 0.3) is 0 Å². The molecule has 0 bridgehead atoms. The summed E-state index contributed by atoms with van der Waals surface area (Å²) in [6.07, 6.45) is 5.48. The van der Waals surface area contributed by atoms with Crippen LogP contribution >= 0.6 is 11.6 Å². The van der Waals surface area contributed by atoms with Crippen molar-refractivity contribution in [2.45, 2.75) is 19.8 Å². The standard InChI is InChI=1S/C12H18ClN3O/c1-2-17-8-10-3-5-16(6-4-10)12-11(13)7-14-9-15-12/h7,9-10H,2-6,8H2,1H3. The van der Waals surface area contributed by atoms with E-state index in [1.54, 1.807) is 12.5 Å². The maximum Gasteiger partial charge on any atom is 0.150 e. The fraction of sp³-hybridized carbons (Fsp3) is 0.667. The van der Waals surface area contributed by atoms with Crippen LogP contribution in [-0.2, 0) is 4.74 Å². The molecule has 17 heavy (non-hydrogen) atoms. The molecule has 2 rings (SSSR count). The smallest absolute Gasteiger partial charge is 0.150 e. The number of ether oxygens (including phenoxy) is 1. The molecule has 94 valence electrons. The monoisotopic (exact) mass is 255 g/mol. The quantitative estimate of drug-likeness (QED) is 0.828. The minimum atomic E-state index is 0.635. The van der Waals surface area contributed by atoms with Crippen LogP contribution in [-0.4, -0.2) is 36.3 Å². The van der Waals surface area contributed by atoms with E-state index in [2.05, 4.69) is 14.9 Å². The number of aromatic nitrogens is 2. The van der Waals surface area contributed by atoms with E-state index in [0.717, 1.165) is 45.0 Å². The molecule has 2 heterocycles. The first-order valence-electron chi connectivity index (χ1n) is 6.09. The van der Waals surface area contributed by atoms with Crippen molar-refractivity contribution in [1.82, 2.24) is 9.97 Å². The molecule has 1 aromatic rings. The molecule has 0 unspecified atom stereocenters. The van der Waals surface area contributed by atoms with E-state index in [9.17, 15) is 0 Å². The Hall–Kier alpha value is -0.870. The second-order valence-corrected chi connectivity index (χ2v) is 4.69. The van der Waals surface area contributed by atoms with E-state index in [0.29, 0.717) is 10.9 Å². The first kappa shape index (κ1) is 12.6. The van der Waals surface area contributed by atoms with Crippen LogP contribution in [0.2, 0.25) is 5.02 Å². The minimum Gasteiger partial charge on any atom is -0.381 e. The Bertz CT molecular complexity index is 353. The van der Waals surface area contributed by atoms with Gasteiger partial charge >= 0.3 is 0 Å². The van der Waals surface area contributed by atoms with Gasteiger partial charge < -0.3 is 9.64 Å². The van der Waals surface area contributed by atoms with E-state index in [1.807, 2.05) is 6.92 Å². The summed E-state index contributed by atoms with van der Waals surface area (Å²) in [7, 11) is 0. The summed E-state index contributed by atoms with van der Waals surface area (Å²) in [5.41, 5.74) is 0. The zero-order chi connectivity index (χ0) is 12.1. The summed E-state index contributed by atoms with van der Waals surface area (Å²) in [4.78, 5) is 10.4. The van der Waals surface area contributed by atoms with Gasteiger partial charge in [0.15, 0.2) is 5.82 Å². The van der Waals surface area contributed by atoms with E-state index in [1.165, 1.54) is 0 Å². The number of halogens is 1. The third-order valence-corrected chi connectivity index (χ3v) is 3.39. The molecule has 4 nitrogen and oxygen atoms in total. The van der Waals surface area contributed by atoms with Crippen molar-refractivity contribution in [1.29, 1.82) is 0 Å². The van der Waals surface area contributed by atoms with E-state index in [4.69, 9.17) is 16.3 Å². The van der Waals surface area contributed by atoms with Gasteiger partial charge in [-0.3, -0.25) is 0 Å². The van der Waals surface area contributed by atoms with E-state index in [-0.39, 0.29) is 0 Å². The summed E-state index contributed by atoms with van der Waals surface area (Å²) in [6.45, 7) is 5.71. The second kappa shape index (κ2) is 6.17. The van der Waals surface area contributed by atoms with Gasteiger partial charge in [0.2, 0.25) is 0 Å². The van der Waals surface area contributed by atoms with Crippen molar-refractivity contribution in [3.8, 4) is 0 Å². The van der Waals surface area contributed by atoms with Gasteiger partial charge in [-0.1, -0.05) is 11.6 Å². The Morgan fingerprint density at radius 2 is 2.24 bits per heavy atom. The number of anilines is 1. The number of hydrogen-bond donors (Lipinski definition) is 0. The van der Waals surface area contributed by atoms with Crippen molar-refractivity contribution >= 4 is 17.4 Å². The average Bonchev–Trinajstić information content (AvgIpc) is 2.38. The lowest BCUT2D eigenvalue weighted by Crippen LogP contribution is -2.35. The molecule has 1 aliphatic heterocycles. The van der Waals surface area contributed by atoms with Crippen LogP contribution < -0.4 is 4.90 Å². The van der Waals surface area contributed by atoms with Gasteiger partial charge in [0.1, 0.15) is 11.3 Å². The number of rotatable bonds is 4. The van der Waals surface area contributed by atoms with Crippen LogP contribution in [0.3, 0.4) is 0 Å². The number of piperidine rings is 1. The van der Waals surface area contributed by atoms with E-state index < -0.39 is 0 Å². The van der Waals surface area contributed by atoms with Crippen LogP contribution in [0, 0.1) is 5.92 Å². The lowest BCUT2D eigenvalue weighted by Gasteiger charge is -2.32. The Morgan fingerprint density at radius 1 is 1.47 bits per heavy atom. The summed E-state index contributed by atoms with van der Waals surface area (Å²) >= 11 is 6.09. The predicted octanol–water partition coefficient (Wildman–Crippen LogP) is 2.38. The topological polar surface area (TPSA) is 38.2 Å². The molecule has 0 radical (unpaired) electrons. The first-order valence-corrected chi connectivity index (χ1v) is 6.47. The van der Waals surface area contributed by atoms with Crippen molar-refractivity contribution in [3.63, 3.8) is 0 Å². The molecule has 0 aromatic carbocycles. The van der Waals surface area contributed by atoms with Crippen molar-refractivity contribution in [3.05, 3.63) is 17.5 Å². The maximum atomic E-state index is 6.09. The highest BCUT2D eigenvalue weighted by molar-refractivity contribution is 6.32. The lowest BCUT2D eigenvalue weighted by molar-refractivity contribution is 0.100. The summed E-state index contributed by atoms with van der Waals surface area (Å²) in [5.74, 6) is 1.53. The number of hydrogen-bond acceptors (Lipinski definition) is 4. The zero-order valence-corrected chi connectivity index (χ0v) is 10.9. The third-order valence-electron chi connectivity index (χ3n) is 3.12. The van der Waals surface area contributed by atoms with Crippen LogP contribution in [0.4, 0.5) is 5.82 Å². The molecule has 1 fully saturated rings. The molecular weight excluding hydrogens is 238 g/mol. The molecule has 0 atom stereocenters. The van der Waals surface area contributed by atoms with Gasteiger partial charge in [-0.05, 0) is 25.7 Å². The number of nitrogens with zero attached hydrogens (tertiary/aromatic N) is 3. The SMILES string of the molecule is CCOCC1CCN(c2ncncc2Cl)CC1. The summed E-state index contributed by atoms with van der Waals surface area (Å²) in [6, 6.07) is 0. The van der Waals surface area contributed by atoms with Gasteiger partial charge in [0.25, 0.3) is 0 Å². The molecule has 0 aliphatic carbocycles. The van der Waals surface area contributed by atoms with Gasteiger partial charge in [-0.15, -0.1) is 0 Å². The van der Waals surface area contributed by atoms with E-state index >= 15 is 0 Å². The summed E-state index contributed by atoms with van der Waals surface area (Å²) in [5, 5.41) is 0.635. The molecule has 5 heteroatoms. The van der Waals surface area contributed by atoms with Gasteiger partial charge in [0, 0.05) is 26.3 Å².